The molecule has 0 aliphatic carbocycles. The van der Waals surface area contributed by atoms with E-state index in [2.05, 4.69) is 42.2 Å². The van der Waals surface area contributed by atoms with Crippen molar-refractivity contribution < 1.29 is 19.0 Å². The van der Waals surface area contributed by atoms with E-state index >= 15 is 0 Å². The molecular formula is C31H31ClFNO3. The zero-order valence-electron chi connectivity index (χ0n) is 21.0. The summed E-state index contributed by atoms with van der Waals surface area (Å²) in [6, 6.07) is 19.8. The minimum atomic E-state index is -0.974. The van der Waals surface area contributed by atoms with Crippen molar-refractivity contribution in [3.63, 3.8) is 0 Å². The molecule has 1 N–H and O–H groups in total. The van der Waals surface area contributed by atoms with Crippen molar-refractivity contribution in [1.29, 1.82) is 0 Å². The Morgan fingerprint density at radius 1 is 1.08 bits per heavy atom. The zero-order chi connectivity index (χ0) is 25.9. The highest BCUT2D eigenvalue weighted by Gasteiger charge is 2.27. The molecule has 2 aliphatic rings. The number of carboxylic acids is 1. The van der Waals surface area contributed by atoms with Crippen molar-refractivity contribution >= 4 is 28.7 Å². The Bertz CT molecular complexity index is 1330. The Balaban J connectivity index is 1.51. The van der Waals surface area contributed by atoms with Crippen LogP contribution in [0.3, 0.4) is 0 Å². The second-order valence-corrected chi connectivity index (χ2v) is 10.4. The molecule has 3 aromatic rings. The summed E-state index contributed by atoms with van der Waals surface area (Å²) in [7, 11) is 0. The fraction of sp³-hybridized carbons (Fsp3) is 0.323. The number of aryl methyl sites for hydroxylation is 1. The van der Waals surface area contributed by atoms with Crippen molar-refractivity contribution in [2.75, 3.05) is 32.9 Å². The average Bonchev–Trinajstić information content (AvgIpc) is 3.04. The molecule has 3 aromatic carbocycles. The van der Waals surface area contributed by atoms with E-state index in [0.29, 0.717) is 36.1 Å². The molecule has 0 amide bonds. The van der Waals surface area contributed by atoms with Crippen LogP contribution in [0.15, 0.2) is 60.7 Å². The van der Waals surface area contributed by atoms with Crippen LogP contribution >= 0.6 is 11.6 Å². The van der Waals surface area contributed by atoms with Crippen LogP contribution in [0.25, 0.3) is 11.1 Å². The first-order valence-corrected chi connectivity index (χ1v) is 13.2. The molecule has 1 saturated heterocycles. The van der Waals surface area contributed by atoms with Gasteiger partial charge in [0.1, 0.15) is 5.75 Å². The lowest BCUT2D eigenvalue weighted by Crippen LogP contribution is -2.47. The van der Waals surface area contributed by atoms with Crippen LogP contribution in [-0.4, -0.2) is 48.9 Å². The van der Waals surface area contributed by atoms with Crippen LogP contribution in [0.1, 0.15) is 51.0 Å². The SMILES string of the molecule is Cc1cc(Cl)ccc1C1=C(c2ccc(CC3CN(CCCF)C3)cc2)c2ccc(C(=O)O)cc2OCC1. The maximum Gasteiger partial charge on any atom is 0.335 e. The molecule has 2 aliphatic heterocycles. The summed E-state index contributed by atoms with van der Waals surface area (Å²) in [6.07, 6.45) is 2.31. The van der Waals surface area contributed by atoms with E-state index in [0.717, 1.165) is 59.5 Å². The van der Waals surface area contributed by atoms with Gasteiger partial charge in [-0.2, -0.15) is 0 Å². The van der Waals surface area contributed by atoms with Gasteiger partial charge in [0, 0.05) is 36.6 Å². The fourth-order valence-electron chi connectivity index (χ4n) is 5.51. The van der Waals surface area contributed by atoms with Gasteiger partial charge in [0.15, 0.2) is 0 Å². The molecule has 0 radical (unpaired) electrons. The van der Waals surface area contributed by atoms with Crippen LogP contribution in [0.5, 0.6) is 5.75 Å². The Morgan fingerprint density at radius 2 is 1.84 bits per heavy atom. The van der Waals surface area contributed by atoms with Gasteiger partial charge in [-0.1, -0.05) is 41.9 Å². The van der Waals surface area contributed by atoms with Crippen LogP contribution in [0, 0.1) is 12.8 Å². The number of fused-ring (bicyclic) bond motifs is 1. The summed E-state index contributed by atoms with van der Waals surface area (Å²) in [4.78, 5) is 13.9. The zero-order valence-corrected chi connectivity index (χ0v) is 21.7. The van der Waals surface area contributed by atoms with Gasteiger partial charge in [-0.3, -0.25) is 4.39 Å². The number of carboxylic acid groups (broad SMARTS) is 1. The number of hydrogen-bond acceptors (Lipinski definition) is 3. The number of carbonyl (C=O) groups is 1. The first-order chi connectivity index (χ1) is 17.9. The first kappa shape index (κ1) is 25.5. The molecule has 0 saturated carbocycles. The van der Waals surface area contributed by atoms with Gasteiger partial charge in [-0.25, -0.2) is 4.79 Å². The highest BCUT2D eigenvalue weighted by molar-refractivity contribution is 6.30. The van der Waals surface area contributed by atoms with E-state index in [1.807, 2.05) is 18.2 Å². The van der Waals surface area contributed by atoms with Gasteiger partial charge in [0.2, 0.25) is 0 Å². The number of likely N-dealkylation sites (tertiary alicyclic amines) is 1. The monoisotopic (exact) mass is 519 g/mol. The molecule has 2 heterocycles. The van der Waals surface area contributed by atoms with Gasteiger partial charge >= 0.3 is 5.97 Å². The molecule has 0 aromatic heterocycles. The Kier molecular flexibility index (Phi) is 7.63. The summed E-state index contributed by atoms with van der Waals surface area (Å²) < 4.78 is 18.5. The predicted octanol–water partition coefficient (Wildman–Crippen LogP) is 6.92. The van der Waals surface area contributed by atoms with Crippen LogP contribution < -0.4 is 4.74 Å². The molecule has 1 fully saturated rings. The second kappa shape index (κ2) is 11.1. The van der Waals surface area contributed by atoms with E-state index in [1.165, 1.54) is 5.56 Å². The number of ether oxygens (including phenoxy) is 1. The summed E-state index contributed by atoms with van der Waals surface area (Å²) in [5.74, 6) is 0.223. The standard InChI is InChI=1S/C31H31ClFNO3/c1-20-15-25(32)8-10-26(20)27-11-14-37-29-17-24(31(35)36)7-9-28(29)30(27)23-5-3-21(4-6-23)16-22-18-34(19-22)13-2-12-33/h3-10,15,17,22H,2,11-14,16,18-19H2,1H3,(H,35,36). The van der Waals surface area contributed by atoms with Gasteiger partial charge in [-0.05, 0) is 89.4 Å². The van der Waals surface area contributed by atoms with E-state index in [9.17, 15) is 14.3 Å². The molecule has 0 bridgehead atoms. The van der Waals surface area contributed by atoms with Crippen molar-refractivity contribution in [3.05, 3.63) is 99.1 Å². The Morgan fingerprint density at radius 3 is 2.54 bits per heavy atom. The van der Waals surface area contributed by atoms with Gasteiger partial charge in [0.25, 0.3) is 0 Å². The van der Waals surface area contributed by atoms with Crippen molar-refractivity contribution in [2.45, 2.75) is 26.2 Å². The highest BCUT2D eigenvalue weighted by atomic mass is 35.5. The molecule has 192 valence electrons. The lowest BCUT2D eigenvalue weighted by atomic mass is 9.85. The largest absolute Gasteiger partial charge is 0.493 e. The molecule has 37 heavy (non-hydrogen) atoms. The van der Waals surface area contributed by atoms with Crippen molar-refractivity contribution in [1.82, 2.24) is 4.90 Å². The normalized spacial score (nSPS) is 16.1. The smallest absolute Gasteiger partial charge is 0.335 e. The minimum Gasteiger partial charge on any atom is -0.493 e. The maximum atomic E-state index is 12.4. The van der Waals surface area contributed by atoms with Crippen LogP contribution in [0.4, 0.5) is 4.39 Å². The summed E-state index contributed by atoms with van der Waals surface area (Å²) in [6.45, 7) is 5.17. The first-order valence-electron chi connectivity index (χ1n) is 12.8. The third-order valence-corrected chi connectivity index (χ3v) is 7.57. The maximum absolute atomic E-state index is 12.4. The van der Waals surface area contributed by atoms with E-state index < -0.39 is 5.97 Å². The van der Waals surface area contributed by atoms with Gasteiger partial charge in [-0.15, -0.1) is 0 Å². The molecule has 6 heteroatoms. The summed E-state index contributed by atoms with van der Waals surface area (Å²) in [5, 5.41) is 10.2. The number of aromatic carboxylic acids is 1. The number of halogens is 2. The molecule has 5 rings (SSSR count). The van der Waals surface area contributed by atoms with E-state index in [-0.39, 0.29) is 12.2 Å². The van der Waals surface area contributed by atoms with Crippen molar-refractivity contribution in [2.24, 2.45) is 5.92 Å². The van der Waals surface area contributed by atoms with Crippen molar-refractivity contribution in [3.8, 4) is 5.75 Å². The lowest BCUT2D eigenvalue weighted by Gasteiger charge is -2.39. The van der Waals surface area contributed by atoms with Gasteiger partial charge in [0.05, 0.1) is 18.8 Å². The van der Waals surface area contributed by atoms with Crippen LogP contribution in [0.2, 0.25) is 5.02 Å². The van der Waals surface area contributed by atoms with Gasteiger partial charge < -0.3 is 14.7 Å². The van der Waals surface area contributed by atoms with E-state index in [1.54, 1.807) is 12.1 Å². The summed E-state index contributed by atoms with van der Waals surface area (Å²) >= 11 is 6.26. The predicted molar refractivity (Wildman–Crippen MR) is 146 cm³/mol. The quantitative estimate of drug-likeness (QED) is 0.351. The number of rotatable bonds is 8. The molecule has 0 spiro atoms. The lowest BCUT2D eigenvalue weighted by molar-refractivity contribution is 0.0696. The number of hydrogen-bond donors (Lipinski definition) is 1. The molecule has 0 atom stereocenters. The minimum absolute atomic E-state index is 0.209. The third kappa shape index (κ3) is 5.58. The Hall–Kier alpha value is -3.15. The topological polar surface area (TPSA) is 49.8 Å². The fourth-order valence-corrected chi connectivity index (χ4v) is 5.74. The second-order valence-electron chi connectivity index (χ2n) is 10.00. The summed E-state index contributed by atoms with van der Waals surface area (Å²) in [5.41, 5.74) is 7.88. The number of benzene rings is 3. The van der Waals surface area contributed by atoms with Crippen LogP contribution in [-0.2, 0) is 6.42 Å². The molecule has 0 unspecified atom stereocenters. The third-order valence-electron chi connectivity index (χ3n) is 7.33. The highest BCUT2D eigenvalue weighted by Crippen LogP contribution is 2.42. The molecular weight excluding hydrogens is 489 g/mol. The number of alkyl halides is 1. The number of nitrogens with zero attached hydrogens (tertiary/aromatic N) is 1. The van der Waals surface area contributed by atoms with E-state index in [4.69, 9.17) is 16.3 Å². The Labute approximate surface area is 222 Å². The molecule has 4 nitrogen and oxygen atoms in total. The average molecular weight is 520 g/mol.